The molecule has 2 aromatic rings. The maximum Gasteiger partial charge on any atom is 0.328 e. The van der Waals surface area contributed by atoms with Crippen LogP contribution in [0.25, 0.3) is 16.7 Å². The Bertz CT molecular complexity index is 1000. The van der Waals surface area contributed by atoms with Gasteiger partial charge in [-0.05, 0) is 79.4 Å². The quantitative estimate of drug-likeness (QED) is 0.653. The number of aliphatic carboxylic acids is 2. The average Bonchev–Trinajstić information content (AvgIpc) is 3.11. The summed E-state index contributed by atoms with van der Waals surface area (Å²) in [6.45, 7) is 6.05. The second kappa shape index (κ2) is 12.1. The molecule has 1 aliphatic carbocycles. The van der Waals surface area contributed by atoms with E-state index in [9.17, 15) is 9.59 Å². The van der Waals surface area contributed by atoms with Crippen molar-refractivity contribution in [3.63, 3.8) is 0 Å². The number of carboxylic acids is 2. The van der Waals surface area contributed by atoms with Crippen LogP contribution in [0.1, 0.15) is 24.0 Å². The van der Waals surface area contributed by atoms with Crippen LogP contribution in [0.3, 0.4) is 0 Å². The molecule has 1 aromatic carbocycles. The van der Waals surface area contributed by atoms with Gasteiger partial charge in [0, 0.05) is 44.2 Å². The van der Waals surface area contributed by atoms with Crippen LogP contribution in [0.2, 0.25) is 0 Å². The van der Waals surface area contributed by atoms with Crippen LogP contribution in [0.15, 0.2) is 61.0 Å². The summed E-state index contributed by atoms with van der Waals surface area (Å²) >= 11 is 0. The van der Waals surface area contributed by atoms with E-state index in [0.717, 1.165) is 12.8 Å². The molecule has 1 aromatic heterocycles. The number of likely N-dealkylation sites (N-methyl/N-ethyl adjacent to an activating group) is 1. The minimum atomic E-state index is -1.26. The highest BCUT2D eigenvalue weighted by Gasteiger charge is 2.19. The van der Waals surface area contributed by atoms with E-state index in [-0.39, 0.29) is 0 Å². The van der Waals surface area contributed by atoms with E-state index < -0.39 is 11.9 Å². The first-order valence-corrected chi connectivity index (χ1v) is 11.2. The van der Waals surface area contributed by atoms with Gasteiger partial charge >= 0.3 is 11.9 Å². The fourth-order valence-corrected chi connectivity index (χ4v) is 4.23. The van der Waals surface area contributed by atoms with Crippen molar-refractivity contribution in [1.29, 1.82) is 0 Å². The number of fused-ring (bicyclic) bond motifs is 1. The zero-order valence-electron chi connectivity index (χ0n) is 19.0. The average molecular weight is 450 g/mol. The van der Waals surface area contributed by atoms with Gasteiger partial charge in [-0.25, -0.2) is 9.59 Å². The molecule has 1 saturated heterocycles. The molecule has 0 saturated carbocycles. The monoisotopic (exact) mass is 449 g/mol. The molecule has 2 heterocycles. The molecule has 0 radical (unpaired) electrons. The van der Waals surface area contributed by atoms with Gasteiger partial charge in [0.15, 0.2) is 0 Å². The third-order valence-electron chi connectivity index (χ3n) is 5.94. The number of allylic oxidation sites excluding steroid dienone is 1. The smallest absolute Gasteiger partial charge is 0.328 e. The predicted octanol–water partition coefficient (Wildman–Crippen LogP) is 3.43. The van der Waals surface area contributed by atoms with Gasteiger partial charge in [0.2, 0.25) is 0 Å². The Morgan fingerprint density at radius 1 is 0.970 bits per heavy atom. The number of hydrogen-bond acceptors (Lipinski definition) is 5. The molecule has 2 N–H and O–H groups in total. The first-order valence-electron chi connectivity index (χ1n) is 11.2. The standard InChI is InChI=1S/C22H27N3.C4H4O4/c1-24-13-3-14-25(17-16-24)15-10-18-6-7-22-20(18)4-2-5-21(22)19-8-11-23-12-9-19;5-3(6)1-2-4(7)8/h2,4-6,8-9,11-12H,3,7,10,13-17H2,1H3;1-2H,(H,5,6)(H,7,8). The molecule has 0 unspecified atom stereocenters. The first kappa shape index (κ1) is 24.4. The van der Waals surface area contributed by atoms with Crippen molar-refractivity contribution in [3.8, 4) is 11.1 Å². The number of benzene rings is 1. The fourth-order valence-electron chi connectivity index (χ4n) is 4.23. The number of carboxylic acid groups (broad SMARTS) is 2. The highest BCUT2D eigenvalue weighted by molar-refractivity contribution is 5.89. The van der Waals surface area contributed by atoms with E-state index >= 15 is 0 Å². The maximum absolute atomic E-state index is 9.55. The summed E-state index contributed by atoms with van der Waals surface area (Å²) in [6.07, 6.45) is 10.8. The second-order valence-corrected chi connectivity index (χ2v) is 8.26. The van der Waals surface area contributed by atoms with Crippen LogP contribution in [0.5, 0.6) is 0 Å². The summed E-state index contributed by atoms with van der Waals surface area (Å²) in [6, 6.07) is 11.0. The number of pyridine rings is 1. The number of aromatic nitrogens is 1. The highest BCUT2D eigenvalue weighted by Crippen LogP contribution is 2.36. The van der Waals surface area contributed by atoms with Crippen LogP contribution in [-0.2, 0) is 16.0 Å². The minimum Gasteiger partial charge on any atom is -0.478 e. The van der Waals surface area contributed by atoms with E-state index in [1.165, 1.54) is 67.0 Å². The third-order valence-corrected chi connectivity index (χ3v) is 5.94. The summed E-state index contributed by atoms with van der Waals surface area (Å²) < 4.78 is 0. The van der Waals surface area contributed by atoms with Crippen molar-refractivity contribution in [2.75, 3.05) is 39.8 Å². The topological polar surface area (TPSA) is 94.0 Å². The number of carbonyl (C=O) groups is 2. The molecular formula is C26H31N3O4. The van der Waals surface area contributed by atoms with Gasteiger partial charge in [0.25, 0.3) is 0 Å². The van der Waals surface area contributed by atoms with Gasteiger partial charge in [-0.1, -0.05) is 24.3 Å². The first-order chi connectivity index (χ1) is 15.9. The van der Waals surface area contributed by atoms with E-state index in [2.05, 4.69) is 58.2 Å². The zero-order chi connectivity index (χ0) is 23.6. The summed E-state index contributed by atoms with van der Waals surface area (Å²) in [5.74, 6) is -2.51. The van der Waals surface area contributed by atoms with Crippen molar-refractivity contribution in [3.05, 3.63) is 72.1 Å². The molecule has 0 bridgehead atoms. The van der Waals surface area contributed by atoms with Crippen molar-refractivity contribution in [2.45, 2.75) is 19.3 Å². The lowest BCUT2D eigenvalue weighted by Crippen LogP contribution is -2.29. The van der Waals surface area contributed by atoms with Crippen LogP contribution in [0, 0.1) is 0 Å². The Labute approximate surface area is 194 Å². The lowest BCUT2D eigenvalue weighted by atomic mass is 9.95. The third kappa shape index (κ3) is 7.37. The molecule has 1 aliphatic heterocycles. The Morgan fingerprint density at radius 2 is 1.67 bits per heavy atom. The normalized spacial score (nSPS) is 16.5. The zero-order valence-corrected chi connectivity index (χ0v) is 19.0. The molecule has 0 atom stereocenters. The summed E-state index contributed by atoms with van der Waals surface area (Å²) in [4.78, 5) is 28.3. The van der Waals surface area contributed by atoms with Gasteiger partial charge in [-0.3, -0.25) is 4.98 Å². The van der Waals surface area contributed by atoms with Gasteiger partial charge in [0.05, 0.1) is 0 Å². The maximum atomic E-state index is 9.55. The van der Waals surface area contributed by atoms with Crippen molar-refractivity contribution >= 4 is 17.5 Å². The Balaban J connectivity index is 0.000000331. The number of rotatable bonds is 6. The van der Waals surface area contributed by atoms with Crippen LogP contribution < -0.4 is 0 Å². The molecule has 174 valence electrons. The second-order valence-electron chi connectivity index (χ2n) is 8.26. The molecule has 2 aliphatic rings. The lowest BCUT2D eigenvalue weighted by Gasteiger charge is -2.20. The van der Waals surface area contributed by atoms with E-state index in [0.29, 0.717) is 12.2 Å². The Morgan fingerprint density at radius 3 is 2.36 bits per heavy atom. The Hall–Kier alpha value is -3.29. The van der Waals surface area contributed by atoms with Gasteiger partial charge in [0.1, 0.15) is 0 Å². The molecule has 7 nitrogen and oxygen atoms in total. The van der Waals surface area contributed by atoms with Crippen LogP contribution in [0.4, 0.5) is 0 Å². The predicted molar refractivity (Wildman–Crippen MR) is 129 cm³/mol. The van der Waals surface area contributed by atoms with Gasteiger partial charge < -0.3 is 20.0 Å². The summed E-state index contributed by atoms with van der Waals surface area (Å²) in [5.41, 5.74) is 7.11. The molecule has 33 heavy (non-hydrogen) atoms. The van der Waals surface area contributed by atoms with Crippen LogP contribution in [-0.4, -0.2) is 76.7 Å². The molecular weight excluding hydrogens is 418 g/mol. The van der Waals surface area contributed by atoms with E-state index in [4.69, 9.17) is 10.2 Å². The largest absolute Gasteiger partial charge is 0.478 e. The number of nitrogens with zero attached hydrogens (tertiary/aromatic N) is 3. The molecule has 4 rings (SSSR count). The summed E-state index contributed by atoms with van der Waals surface area (Å²) in [5, 5.41) is 15.6. The van der Waals surface area contributed by atoms with E-state index in [1.54, 1.807) is 0 Å². The lowest BCUT2D eigenvalue weighted by molar-refractivity contribution is -0.134. The molecule has 0 spiro atoms. The minimum absolute atomic E-state index is 0.558. The number of hydrogen-bond donors (Lipinski definition) is 2. The van der Waals surface area contributed by atoms with Gasteiger partial charge in [-0.15, -0.1) is 0 Å². The SMILES string of the molecule is CN1CCCN(CCC2=CCc3c2cccc3-c2ccncc2)CC1.O=C(O)C=CC(=O)O. The highest BCUT2D eigenvalue weighted by atomic mass is 16.4. The van der Waals surface area contributed by atoms with Crippen molar-refractivity contribution < 1.29 is 19.8 Å². The van der Waals surface area contributed by atoms with Crippen LogP contribution >= 0.6 is 0 Å². The van der Waals surface area contributed by atoms with E-state index in [1.807, 2.05) is 12.4 Å². The van der Waals surface area contributed by atoms with Gasteiger partial charge in [-0.2, -0.15) is 0 Å². The van der Waals surface area contributed by atoms with Crippen molar-refractivity contribution in [1.82, 2.24) is 14.8 Å². The molecule has 7 heteroatoms. The summed E-state index contributed by atoms with van der Waals surface area (Å²) in [7, 11) is 2.24. The Kier molecular flexibility index (Phi) is 8.92. The fraction of sp³-hybridized carbons (Fsp3) is 0.346. The van der Waals surface area contributed by atoms with Crippen molar-refractivity contribution in [2.24, 2.45) is 0 Å². The molecule has 0 amide bonds. The molecule has 1 fully saturated rings.